The molecule has 3 aliphatic carbocycles. The third-order valence-corrected chi connectivity index (χ3v) is 13.2. The second-order valence-electron chi connectivity index (χ2n) is 15.7. The van der Waals surface area contributed by atoms with E-state index < -0.39 is 0 Å². The molecule has 2 nitrogen and oxygen atoms in total. The number of hydrogen-bond donors (Lipinski definition) is 0. The number of rotatable bonds is 4. The van der Waals surface area contributed by atoms with Crippen molar-refractivity contribution in [2.45, 2.75) is 44.4 Å². The molecule has 0 N–H and O–H groups in total. The van der Waals surface area contributed by atoms with Gasteiger partial charge in [-0.05, 0) is 113 Å². The Kier molecular flexibility index (Phi) is 6.62. The molecule has 0 amide bonds. The van der Waals surface area contributed by atoms with E-state index in [-0.39, 0.29) is 5.41 Å². The van der Waals surface area contributed by atoms with Crippen molar-refractivity contribution in [1.29, 1.82) is 0 Å². The van der Waals surface area contributed by atoms with Gasteiger partial charge < -0.3 is 9.47 Å². The summed E-state index contributed by atoms with van der Waals surface area (Å²) in [6.45, 7) is 2.57. The fraction of sp³-hybridized carbons (Fsp3) is 0.200. The molecule has 4 unspecified atom stereocenters. The molecule has 4 atom stereocenters. The van der Waals surface area contributed by atoms with E-state index >= 15 is 0 Å². The number of hydrogen-bond acceptors (Lipinski definition) is 1. The average Bonchev–Trinajstić information content (AvgIpc) is 3.68. The molecule has 8 aromatic rings. The van der Waals surface area contributed by atoms with Gasteiger partial charge in [-0.2, -0.15) is 0 Å². The number of anilines is 3. The van der Waals surface area contributed by atoms with Crippen LogP contribution in [0.4, 0.5) is 17.1 Å². The van der Waals surface area contributed by atoms with Crippen LogP contribution >= 0.6 is 0 Å². The van der Waals surface area contributed by atoms with E-state index in [4.69, 9.17) is 0 Å². The summed E-state index contributed by atoms with van der Waals surface area (Å²) in [4.78, 5) is 2.54. The van der Waals surface area contributed by atoms with Crippen molar-refractivity contribution in [3.8, 4) is 16.8 Å². The van der Waals surface area contributed by atoms with Gasteiger partial charge >= 0.3 is 0 Å². The molecule has 2 bridgehead atoms. The van der Waals surface area contributed by atoms with E-state index in [1.165, 1.54) is 98.6 Å². The Morgan fingerprint density at radius 1 is 0.558 bits per heavy atom. The molecule has 2 saturated carbocycles. The van der Waals surface area contributed by atoms with E-state index in [0.29, 0.717) is 11.8 Å². The van der Waals surface area contributed by atoms with Gasteiger partial charge in [0.1, 0.15) is 0 Å². The van der Waals surface area contributed by atoms with Gasteiger partial charge in [-0.3, -0.25) is 0 Å². The minimum absolute atomic E-state index is 0.0486. The molecule has 2 fully saturated rings. The second kappa shape index (κ2) is 11.5. The van der Waals surface area contributed by atoms with Crippen LogP contribution in [0.5, 0.6) is 0 Å². The molecule has 1 spiro atoms. The third-order valence-electron chi connectivity index (χ3n) is 13.2. The van der Waals surface area contributed by atoms with Crippen LogP contribution in [-0.4, -0.2) is 4.57 Å². The molecule has 3 aliphatic rings. The number of fused-ring (bicyclic) bond motifs is 12. The van der Waals surface area contributed by atoms with Gasteiger partial charge in [0.25, 0.3) is 0 Å². The molecule has 52 heavy (non-hydrogen) atoms. The zero-order valence-electron chi connectivity index (χ0n) is 29.7. The van der Waals surface area contributed by atoms with E-state index in [2.05, 4.69) is 174 Å². The Bertz CT molecular complexity index is 2660. The van der Waals surface area contributed by atoms with Crippen molar-refractivity contribution in [3.05, 3.63) is 169 Å². The van der Waals surface area contributed by atoms with Crippen LogP contribution in [0.25, 0.3) is 49.4 Å². The SMILES string of the molecule is CC1CC2CCCC(C2)C12c1ccccc1-c1ccc(N(c3ccc4c5ccccc5n(-c5ccccc5)c4c3)c3cccc4ccccc34)cc12. The van der Waals surface area contributed by atoms with Gasteiger partial charge in [0.15, 0.2) is 0 Å². The highest BCUT2D eigenvalue weighted by Crippen LogP contribution is 2.64. The van der Waals surface area contributed by atoms with Crippen molar-refractivity contribution in [2.24, 2.45) is 17.8 Å². The first-order valence-electron chi connectivity index (χ1n) is 19.3. The van der Waals surface area contributed by atoms with Gasteiger partial charge in [0, 0.05) is 38.6 Å². The van der Waals surface area contributed by atoms with E-state index in [1.807, 2.05) is 0 Å². The van der Waals surface area contributed by atoms with Gasteiger partial charge in [0.2, 0.25) is 0 Å². The number of benzene rings is 7. The Hall–Kier alpha value is -5.60. The maximum absolute atomic E-state index is 2.61. The van der Waals surface area contributed by atoms with Crippen molar-refractivity contribution in [3.63, 3.8) is 0 Å². The van der Waals surface area contributed by atoms with Crippen LogP contribution in [0, 0.1) is 17.8 Å². The summed E-state index contributed by atoms with van der Waals surface area (Å²) in [5.74, 6) is 2.14. The van der Waals surface area contributed by atoms with Crippen molar-refractivity contribution >= 4 is 49.6 Å². The monoisotopic (exact) mass is 670 g/mol. The Morgan fingerprint density at radius 2 is 1.27 bits per heavy atom. The lowest BCUT2D eigenvalue weighted by atomic mass is 9.51. The van der Waals surface area contributed by atoms with Crippen LogP contribution in [0.15, 0.2) is 158 Å². The van der Waals surface area contributed by atoms with Gasteiger partial charge in [-0.25, -0.2) is 0 Å². The molecule has 1 aromatic heterocycles. The molecule has 7 aromatic carbocycles. The first kappa shape index (κ1) is 30.1. The maximum Gasteiger partial charge on any atom is 0.0561 e. The quantitative estimate of drug-likeness (QED) is 0.181. The fourth-order valence-corrected chi connectivity index (χ4v) is 11.2. The zero-order chi connectivity index (χ0) is 34.4. The fourth-order valence-electron chi connectivity index (χ4n) is 11.2. The van der Waals surface area contributed by atoms with Crippen LogP contribution in [-0.2, 0) is 5.41 Å². The molecule has 252 valence electrons. The minimum Gasteiger partial charge on any atom is -0.310 e. The number of aromatic nitrogens is 1. The van der Waals surface area contributed by atoms with Crippen LogP contribution in [0.3, 0.4) is 0 Å². The van der Waals surface area contributed by atoms with E-state index in [0.717, 1.165) is 5.92 Å². The lowest BCUT2D eigenvalue weighted by molar-refractivity contribution is 0.0670. The van der Waals surface area contributed by atoms with Crippen molar-refractivity contribution < 1.29 is 0 Å². The third kappa shape index (κ3) is 4.18. The first-order valence-corrected chi connectivity index (χ1v) is 19.3. The molecule has 0 aliphatic heterocycles. The maximum atomic E-state index is 2.61. The molecular formula is C50H42N2. The second-order valence-corrected chi connectivity index (χ2v) is 15.7. The molecule has 2 heteroatoms. The highest BCUT2D eigenvalue weighted by Gasteiger charge is 2.55. The van der Waals surface area contributed by atoms with E-state index in [9.17, 15) is 0 Å². The summed E-state index contributed by atoms with van der Waals surface area (Å²) < 4.78 is 2.44. The Balaban J connectivity index is 1.18. The van der Waals surface area contributed by atoms with Gasteiger partial charge in [-0.15, -0.1) is 0 Å². The summed E-state index contributed by atoms with van der Waals surface area (Å²) in [5, 5.41) is 5.06. The summed E-state index contributed by atoms with van der Waals surface area (Å²) in [6, 6.07) is 59.3. The van der Waals surface area contributed by atoms with Crippen molar-refractivity contribution in [2.75, 3.05) is 4.90 Å². The summed E-state index contributed by atoms with van der Waals surface area (Å²) in [6.07, 6.45) is 6.77. The first-order chi connectivity index (χ1) is 25.7. The normalized spacial score (nSPS) is 21.8. The standard InChI is InChI=1S/C50H42N2/c1-33-29-34-13-11-16-36(30-34)50(33)45-22-9-7-20-41(45)42-27-25-38(31-46(42)50)51(47-24-12-15-35-14-5-6-19-40(35)47)39-26-28-44-43-21-8-10-23-48(43)52(49(44)32-39)37-17-3-2-4-18-37/h2-10,12,14-15,17-28,31-34,36H,11,13,16,29-30H2,1H3. The Labute approximate surface area is 306 Å². The van der Waals surface area contributed by atoms with Crippen LogP contribution < -0.4 is 4.90 Å². The number of nitrogens with zero attached hydrogens (tertiary/aromatic N) is 2. The summed E-state index contributed by atoms with van der Waals surface area (Å²) >= 11 is 0. The zero-order valence-corrected chi connectivity index (χ0v) is 29.7. The Morgan fingerprint density at radius 3 is 2.19 bits per heavy atom. The lowest BCUT2D eigenvalue weighted by Gasteiger charge is -2.53. The molecule has 0 radical (unpaired) electrons. The lowest BCUT2D eigenvalue weighted by Crippen LogP contribution is -2.48. The smallest absolute Gasteiger partial charge is 0.0561 e. The molecular weight excluding hydrogens is 629 g/mol. The van der Waals surface area contributed by atoms with E-state index in [1.54, 1.807) is 11.1 Å². The van der Waals surface area contributed by atoms with Gasteiger partial charge in [0.05, 0.1) is 16.7 Å². The molecule has 0 saturated heterocycles. The molecule has 1 heterocycles. The molecule has 11 rings (SSSR count). The van der Waals surface area contributed by atoms with Crippen LogP contribution in [0.2, 0.25) is 0 Å². The van der Waals surface area contributed by atoms with Gasteiger partial charge in [-0.1, -0.05) is 129 Å². The number of para-hydroxylation sites is 2. The highest BCUT2D eigenvalue weighted by molar-refractivity contribution is 6.11. The van der Waals surface area contributed by atoms with Crippen molar-refractivity contribution in [1.82, 2.24) is 4.57 Å². The largest absolute Gasteiger partial charge is 0.310 e. The highest BCUT2D eigenvalue weighted by atomic mass is 15.1. The summed E-state index contributed by atoms with van der Waals surface area (Å²) in [7, 11) is 0. The average molecular weight is 671 g/mol. The predicted molar refractivity (Wildman–Crippen MR) is 218 cm³/mol. The van der Waals surface area contributed by atoms with Crippen LogP contribution in [0.1, 0.15) is 50.2 Å². The summed E-state index contributed by atoms with van der Waals surface area (Å²) in [5.41, 5.74) is 13.3. The predicted octanol–water partition coefficient (Wildman–Crippen LogP) is 13.5. The minimum atomic E-state index is 0.0486. The topological polar surface area (TPSA) is 8.17 Å².